The number of aryl methyl sites for hydroxylation is 2. The summed E-state index contributed by atoms with van der Waals surface area (Å²) in [6.07, 6.45) is 3.45. The van der Waals surface area contributed by atoms with Gasteiger partial charge < -0.3 is 15.3 Å². The van der Waals surface area contributed by atoms with Crippen LogP contribution in [0.4, 0.5) is 15.0 Å². The summed E-state index contributed by atoms with van der Waals surface area (Å²) in [5.41, 5.74) is 5.73. The van der Waals surface area contributed by atoms with Gasteiger partial charge in [-0.2, -0.15) is 0 Å². The van der Waals surface area contributed by atoms with Crippen molar-refractivity contribution in [3.63, 3.8) is 0 Å². The number of amides is 3. The molecule has 39 heavy (non-hydrogen) atoms. The summed E-state index contributed by atoms with van der Waals surface area (Å²) in [5, 5.41) is 15.5. The average Bonchev–Trinajstić information content (AvgIpc) is 3.30. The first-order chi connectivity index (χ1) is 18.8. The van der Waals surface area contributed by atoms with Crippen LogP contribution in [0.2, 0.25) is 0 Å². The topological polar surface area (TPSA) is 99.0 Å². The number of rotatable bonds is 6. The Bertz CT molecular complexity index is 1490. The number of aliphatic hydroxyl groups is 1. The number of likely N-dealkylation sites (tertiary alicyclic amines) is 1. The van der Waals surface area contributed by atoms with Crippen LogP contribution in [-0.4, -0.2) is 50.5 Å². The Morgan fingerprint density at radius 3 is 2.41 bits per heavy atom. The number of hydrogen-bond acceptors (Lipinski definition) is 4. The zero-order valence-electron chi connectivity index (χ0n) is 22.1. The molecule has 3 heterocycles. The summed E-state index contributed by atoms with van der Waals surface area (Å²) in [7, 11) is 0. The van der Waals surface area contributed by atoms with Crippen molar-refractivity contribution < 1.29 is 19.1 Å². The van der Waals surface area contributed by atoms with Gasteiger partial charge in [-0.1, -0.05) is 31.2 Å². The maximum absolute atomic E-state index is 13.2. The summed E-state index contributed by atoms with van der Waals surface area (Å²) in [6.45, 7) is 5.35. The molecule has 0 atom stereocenters. The number of aliphatic hydroxyl groups excluding tert-OH is 1. The maximum Gasteiger partial charge on any atom is 0.320 e. The first-order valence-corrected chi connectivity index (χ1v) is 13.2. The number of hydrogen-bond donors (Lipinski definition) is 3. The van der Waals surface area contributed by atoms with Gasteiger partial charge in [0.1, 0.15) is 17.3 Å². The molecule has 0 unspecified atom stereocenters. The minimum Gasteiger partial charge on any atom is -0.393 e. The van der Waals surface area contributed by atoms with Gasteiger partial charge in [-0.15, -0.1) is 0 Å². The molecule has 1 aliphatic rings. The molecule has 5 rings (SSSR count). The lowest BCUT2D eigenvalue weighted by atomic mass is 10.0. The number of pyridine rings is 1. The van der Waals surface area contributed by atoms with Gasteiger partial charge in [-0.25, -0.2) is 14.2 Å². The third kappa shape index (κ3) is 5.78. The predicted molar refractivity (Wildman–Crippen MR) is 148 cm³/mol. The molecule has 4 aromatic rings. The molecule has 2 aromatic heterocycles. The van der Waals surface area contributed by atoms with Crippen LogP contribution in [0.15, 0.2) is 60.8 Å². The van der Waals surface area contributed by atoms with Crippen molar-refractivity contribution in [3.8, 4) is 11.1 Å². The smallest absolute Gasteiger partial charge is 0.320 e. The second-order valence-electron chi connectivity index (χ2n) is 9.90. The first-order valence-electron chi connectivity index (χ1n) is 13.2. The molecule has 1 saturated heterocycles. The van der Waals surface area contributed by atoms with E-state index in [4.69, 9.17) is 4.98 Å². The molecular weight excluding hydrogens is 497 g/mol. The van der Waals surface area contributed by atoms with E-state index in [1.54, 1.807) is 17.0 Å². The van der Waals surface area contributed by atoms with Gasteiger partial charge in [0.25, 0.3) is 5.91 Å². The summed E-state index contributed by atoms with van der Waals surface area (Å²) in [5.74, 6) is 0.241. The van der Waals surface area contributed by atoms with Gasteiger partial charge in [0.15, 0.2) is 0 Å². The number of nitrogens with zero attached hydrogens (tertiary/aromatic N) is 3. The molecule has 1 aliphatic heterocycles. The summed E-state index contributed by atoms with van der Waals surface area (Å²) in [4.78, 5) is 32.2. The molecule has 8 nitrogen and oxygen atoms in total. The normalized spacial score (nSPS) is 14.0. The Hall–Kier alpha value is -4.24. The molecule has 0 bridgehead atoms. The van der Waals surface area contributed by atoms with Gasteiger partial charge in [-0.05, 0) is 78.8 Å². The zero-order chi connectivity index (χ0) is 27.5. The molecule has 9 heteroatoms. The van der Waals surface area contributed by atoms with E-state index in [1.807, 2.05) is 54.8 Å². The molecule has 0 aliphatic carbocycles. The number of aromatic nitrogens is 2. The fourth-order valence-electron chi connectivity index (χ4n) is 4.89. The standard InChI is InChI=1S/C30H32FN5O3/c1-3-26-28(34-30(39)32-17-20-4-10-24(31)11-5-20)36-18-23(16-19(2)27(36)33-26)21-6-8-22(9-7-21)29(38)35-14-12-25(37)13-15-35/h4-11,16,18,25,37H,3,12-15,17H2,1-2H3,(H2,32,34,39). The highest BCUT2D eigenvalue weighted by Gasteiger charge is 2.22. The largest absolute Gasteiger partial charge is 0.393 e. The number of imidazole rings is 1. The van der Waals surface area contributed by atoms with Crippen LogP contribution in [-0.2, 0) is 13.0 Å². The monoisotopic (exact) mass is 529 g/mol. The molecule has 0 spiro atoms. The number of fused-ring (bicyclic) bond motifs is 1. The Balaban J connectivity index is 1.36. The Labute approximate surface area is 226 Å². The second-order valence-corrected chi connectivity index (χ2v) is 9.90. The minimum atomic E-state index is -0.382. The molecule has 0 saturated carbocycles. The van der Waals surface area contributed by atoms with Crippen molar-refractivity contribution >= 4 is 23.4 Å². The highest BCUT2D eigenvalue weighted by Crippen LogP contribution is 2.28. The number of nitrogens with one attached hydrogen (secondary N) is 2. The van der Waals surface area contributed by atoms with Crippen LogP contribution in [0.25, 0.3) is 16.8 Å². The lowest BCUT2D eigenvalue weighted by molar-refractivity contribution is 0.0546. The number of urea groups is 1. The van der Waals surface area contributed by atoms with Crippen molar-refractivity contribution in [2.75, 3.05) is 18.4 Å². The van der Waals surface area contributed by atoms with Crippen molar-refractivity contribution in [2.24, 2.45) is 0 Å². The van der Waals surface area contributed by atoms with Crippen molar-refractivity contribution in [2.45, 2.75) is 45.8 Å². The molecular formula is C30H32FN5O3. The van der Waals surface area contributed by atoms with E-state index in [1.165, 1.54) is 12.1 Å². The number of halogens is 1. The number of piperidine rings is 1. The van der Waals surface area contributed by atoms with E-state index >= 15 is 0 Å². The van der Waals surface area contributed by atoms with Crippen LogP contribution in [0, 0.1) is 12.7 Å². The van der Waals surface area contributed by atoms with E-state index in [-0.39, 0.29) is 30.4 Å². The second kappa shape index (κ2) is 11.2. The highest BCUT2D eigenvalue weighted by molar-refractivity contribution is 5.95. The number of carbonyl (C=O) groups excluding carboxylic acids is 2. The lowest BCUT2D eigenvalue weighted by Crippen LogP contribution is -2.40. The Morgan fingerprint density at radius 1 is 1.05 bits per heavy atom. The van der Waals surface area contributed by atoms with E-state index < -0.39 is 0 Å². The third-order valence-electron chi connectivity index (χ3n) is 7.13. The summed E-state index contributed by atoms with van der Waals surface area (Å²) >= 11 is 0. The van der Waals surface area contributed by atoms with E-state index in [9.17, 15) is 19.1 Å². The van der Waals surface area contributed by atoms with Gasteiger partial charge in [0.05, 0.1) is 11.8 Å². The van der Waals surface area contributed by atoms with Gasteiger partial charge in [-0.3, -0.25) is 14.5 Å². The maximum atomic E-state index is 13.2. The lowest BCUT2D eigenvalue weighted by Gasteiger charge is -2.29. The number of benzene rings is 2. The molecule has 3 amide bonds. The average molecular weight is 530 g/mol. The number of carbonyl (C=O) groups is 2. The van der Waals surface area contributed by atoms with E-state index in [0.717, 1.165) is 33.6 Å². The van der Waals surface area contributed by atoms with Gasteiger partial charge in [0.2, 0.25) is 0 Å². The van der Waals surface area contributed by atoms with E-state index in [0.29, 0.717) is 43.7 Å². The fraction of sp³-hybridized carbons (Fsp3) is 0.300. The zero-order valence-corrected chi connectivity index (χ0v) is 22.1. The van der Waals surface area contributed by atoms with Gasteiger partial charge >= 0.3 is 6.03 Å². The summed E-state index contributed by atoms with van der Waals surface area (Å²) in [6, 6.07) is 15.2. The van der Waals surface area contributed by atoms with Crippen molar-refractivity contribution in [1.82, 2.24) is 19.6 Å². The van der Waals surface area contributed by atoms with Crippen LogP contribution < -0.4 is 10.6 Å². The predicted octanol–water partition coefficient (Wildman–Crippen LogP) is 4.93. The van der Waals surface area contributed by atoms with Crippen LogP contribution in [0.3, 0.4) is 0 Å². The van der Waals surface area contributed by atoms with E-state index in [2.05, 4.69) is 10.6 Å². The Kier molecular flexibility index (Phi) is 7.60. The quantitative estimate of drug-likeness (QED) is 0.330. The van der Waals surface area contributed by atoms with Gasteiger partial charge in [0, 0.05) is 31.4 Å². The molecule has 2 aromatic carbocycles. The molecule has 0 radical (unpaired) electrons. The molecule has 1 fully saturated rings. The Morgan fingerprint density at radius 2 is 1.74 bits per heavy atom. The highest BCUT2D eigenvalue weighted by atomic mass is 19.1. The SMILES string of the molecule is CCc1nc2c(C)cc(-c3ccc(C(=O)N4CCC(O)CC4)cc3)cn2c1NC(=O)NCc1ccc(F)cc1. The van der Waals surface area contributed by atoms with Crippen LogP contribution in [0.5, 0.6) is 0 Å². The first kappa shape index (κ1) is 26.4. The summed E-state index contributed by atoms with van der Waals surface area (Å²) < 4.78 is 15.1. The third-order valence-corrected chi connectivity index (χ3v) is 7.13. The van der Waals surface area contributed by atoms with Crippen molar-refractivity contribution in [1.29, 1.82) is 0 Å². The molecule has 3 N–H and O–H groups in total. The van der Waals surface area contributed by atoms with Crippen LogP contribution in [0.1, 0.15) is 46.9 Å². The number of anilines is 1. The van der Waals surface area contributed by atoms with Crippen LogP contribution >= 0.6 is 0 Å². The molecule has 202 valence electrons. The minimum absolute atomic E-state index is 0.0274. The van der Waals surface area contributed by atoms with Crippen molar-refractivity contribution in [3.05, 3.63) is 89.0 Å². The fourth-order valence-corrected chi connectivity index (χ4v) is 4.89.